The summed E-state index contributed by atoms with van der Waals surface area (Å²) in [6.07, 6.45) is -0.203. The number of methoxy groups -OCH3 is 2. The van der Waals surface area contributed by atoms with Crippen LogP contribution in [0.3, 0.4) is 0 Å². The highest BCUT2D eigenvalue weighted by Crippen LogP contribution is 2.39. The van der Waals surface area contributed by atoms with E-state index in [1.54, 1.807) is 12.1 Å². The van der Waals surface area contributed by atoms with E-state index < -0.39 is 6.10 Å². The minimum Gasteiger partial charge on any atom is -0.502 e. The van der Waals surface area contributed by atoms with Crippen molar-refractivity contribution in [3.05, 3.63) is 17.7 Å². The Labute approximate surface area is 107 Å². The Hall–Kier alpha value is -1.46. The molecule has 102 valence electrons. The van der Waals surface area contributed by atoms with Crippen molar-refractivity contribution in [3.8, 4) is 17.2 Å². The van der Waals surface area contributed by atoms with Gasteiger partial charge in [0.05, 0.1) is 20.3 Å². The second-order valence-corrected chi connectivity index (χ2v) is 3.78. The molecule has 5 nitrogen and oxygen atoms in total. The van der Waals surface area contributed by atoms with Gasteiger partial charge >= 0.3 is 0 Å². The minimum absolute atomic E-state index is 0.0687. The molecular formula is C13H20O5. The number of phenols is 1. The second-order valence-electron chi connectivity index (χ2n) is 3.78. The SMILES string of the molecule is CCOCCC(O)c1cc(OC)c(O)c(OC)c1. The summed E-state index contributed by atoms with van der Waals surface area (Å²) in [5.41, 5.74) is 0.626. The first-order chi connectivity index (χ1) is 8.63. The Balaban J connectivity index is 2.87. The van der Waals surface area contributed by atoms with Crippen molar-refractivity contribution in [2.45, 2.75) is 19.4 Å². The van der Waals surface area contributed by atoms with E-state index in [2.05, 4.69) is 0 Å². The number of aliphatic hydroxyl groups is 1. The maximum Gasteiger partial charge on any atom is 0.200 e. The summed E-state index contributed by atoms with van der Waals surface area (Å²) >= 11 is 0. The predicted octanol–water partition coefficient (Wildman–Crippen LogP) is 1.87. The van der Waals surface area contributed by atoms with Gasteiger partial charge in [-0.2, -0.15) is 0 Å². The molecule has 0 bridgehead atoms. The zero-order valence-corrected chi connectivity index (χ0v) is 11.0. The van der Waals surface area contributed by atoms with Gasteiger partial charge in [0.1, 0.15) is 0 Å². The van der Waals surface area contributed by atoms with Crippen LogP contribution >= 0.6 is 0 Å². The van der Waals surface area contributed by atoms with Crippen molar-refractivity contribution in [1.82, 2.24) is 0 Å². The van der Waals surface area contributed by atoms with Gasteiger partial charge in [-0.15, -0.1) is 0 Å². The molecule has 0 amide bonds. The number of hydrogen-bond donors (Lipinski definition) is 2. The highest BCUT2D eigenvalue weighted by Gasteiger charge is 2.15. The molecule has 5 heteroatoms. The van der Waals surface area contributed by atoms with Crippen LogP contribution in [0.25, 0.3) is 0 Å². The Kier molecular flexibility index (Phi) is 5.74. The number of phenolic OH excluding ortho intramolecular Hbond substituents is 1. The van der Waals surface area contributed by atoms with Crippen LogP contribution < -0.4 is 9.47 Å². The number of benzene rings is 1. The van der Waals surface area contributed by atoms with Crippen molar-refractivity contribution in [2.24, 2.45) is 0 Å². The molecule has 0 aliphatic heterocycles. The topological polar surface area (TPSA) is 68.2 Å². The third-order valence-electron chi connectivity index (χ3n) is 2.63. The third kappa shape index (κ3) is 3.51. The standard InChI is InChI=1S/C13H20O5/c1-4-18-6-5-10(14)9-7-11(16-2)13(15)12(8-9)17-3/h7-8,10,14-15H,4-6H2,1-3H3. The van der Waals surface area contributed by atoms with Crippen LogP contribution in [-0.2, 0) is 4.74 Å². The molecule has 1 aromatic rings. The number of hydrogen-bond acceptors (Lipinski definition) is 5. The van der Waals surface area contributed by atoms with E-state index in [4.69, 9.17) is 14.2 Å². The van der Waals surface area contributed by atoms with Gasteiger partial charge < -0.3 is 24.4 Å². The zero-order valence-electron chi connectivity index (χ0n) is 11.0. The fourth-order valence-electron chi connectivity index (χ4n) is 1.61. The fraction of sp³-hybridized carbons (Fsp3) is 0.538. The lowest BCUT2D eigenvalue weighted by Crippen LogP contribution is -2.04. The van der Waals surface area contributed by atoms with Crippen molar-refractivity contribution >= 4 is 0 Å². The Bertz CT molecular complexity index is 353. The van der Waals surface area contributed by atoms with E-state index in [-0.39, 0.29) is 17.2 Å². The quantitative estimate of drug-likeness (QED) is 0.729. The lowest BCUT2D eigenvalue weighted by molar-refractivity contribution is 0.0883. The van der Waals surface area contributed by atoms with Crippen molar-refractivity contribution in [1.29, 1.82) is 0 Å². The van der Waals surface area contributed by atoms with Gasteiger partial charge in [0.2, 0.25) is 5.75 Å². The predicted molar refractivity (Wildman–Crippen MR) is 67.3 cm³/mol. The first-order valence-corrected chi connectivity index (χ1v) is 5.84. The summed E-state index contributed by atoms with van der Waals surface area (Å²) in [5.74, 6) is 0.486. The molecule has 1 rings (SSSR count). The molecule has 0 aromatic heterocycles. The van der Waals surface area contributed by atoms with Gasteiger partial charge in [0, 0.05) is 19.6 Å². The monoisotopic (exact) mass is 256 g/mol. The molecule has 1 aromatic carbocycles. The molecular weight excluding hydrogens is 236 g/mol. The van der Waals surface area contributed by atoms with Gasteiger partial charge in [0.15, 0.2) is 11.5 Å². The summed E-state index contributed by atoms with van der Waals surface area (Å²) in [6.45, 7) is 3.00. The van der Waals surface area contributed by atoms with Crippen LogP contribution in [0, 0.1) is 0 Å². The van der Waals surface area contributed by atoms with Gasteiger partial charge in [-0.3, -0.25) is 0 Å². The van der Waals surface area contributed by atoms with Crippen LogP contribution in [-0.4, -0.2) is 37.6 Å². The lowest BCUT2D eigenvalue weighted by Gasteiger charge is -2.15. The van der Waals surface area contributed by atoms with Gasteiger partial charge in [-0.25, -0.2) is 0 Å². The molecule has 0 fully saturated rings. The van der Waals surface area contributed by atoms with E-state index in [1.165, 1.54) is 14.2 Å². The van der Waals surface area contributed by atoms with Crippen molar-refractivity contribution < 1.29 is 24.4 Å². The van der Waals surface area contributed by atoms with Crippen LogP contribution in [0.5, 0.6) is 17.2 Å². The van der Waals surface area contributed by atoms with Crippen LogP contribution in [0.15, 0.2) is 12.1 Å². The van der Waals surface area contributed by atoms with Gasteiger partial charge in [0.25, 0.3) is 0 Å². The first kappa shape index (κ1) is 14.6. The van der Waals surface area contributed by atoms with E-state index in [0.717, 1.165) is 0 Å². The molecule has 2 N–H and O–H groups in total. The lowest BCUT2D eigenvalue weighted by atomic mass is 10.1. The first-order valence-electron chi connectivity index (χ1n) is 5.84. The van der Waals surface area contributed by atoms with Crippen molar-refractivity contribution in [2.75, 3.05) is 27.4 Å². The van der Waals surface area contributed by atoms with Gasteiger partial charge in [-0.1, -0.05) is 0 Å². The maximum absolute atomic E-state index is 10.0. The fourth-order valence-corrected chi connectivity index (χ4v) is 1.61. The molecule has 0 radical (unpaired) electrons. The molecule has 0 aliphatic carbocycles. The van der Waals surface area contributed by atoms with E-state index in [9.17, 15) is 10.2 Å². The molecule has 1 unspecified atom stereocenters. The average Bonchev–Trinajstić information content (AvgIpc) is 2.39. The van der Waals surface area contributed by atoms with Gasteiger partial charge in [-0.05, 0) is 24.6 Å². The second kappa shape index (κ2) is 7.08. The van der Waals surface area contributed by atoms with E-state index in [0.29, 0.717) is 25.2 Å². The Morgan fingerprint density at radius 1 is 1.17 bits per heavy atom. The summed E-state index contributed by atoms with van der Waals surface area (Å²) in [6, 6.07) is 3.18. The molecule has 0 spiro atoms. The number of aliphatic hydroxyl groups excluding tert-OH is 1. The molecule has 0 heterocycles. The largest absolute Gasteiger partial charge is 0.502 e. The number of rotatable bonds is 7. The molecule has 0 saturated heterocycles. The molecule has 1 atom stereocenters. The highest BCUT2D eigenvalue weighted by atomic mass is 16.5. The van der Waals surface area contributed by atoms with Crippen LogP contribution in [0.4, 0.5) is 0 Å². The smallest absolute Gasteiger partial charge is 0.200 e. The summed E-state index contributed by atoms with van der Waals surface area (Å²) in [5, 5.41) is 19.8. The van der Waals surface area contributed by atoms with E-state index >= 15 is 0 Å². The van der Waals surface area contributed by atoms with Crippen molar-refractivity contribution in [3.63, 3.8) is 0 Å². The Morgan fingerprint density at radius 2 is 1.72 bits per heavy atom. The Morgan fingerprint density at radius 3 is 2.17 bits per heavy atom. The molecule has 18 heavy (non-hydrogen) atoms. The molecule has 0 aliphatic rings. The van der Waals surface area contributed by atoms with E-state index in [1.807, 2.05) is 6.92 Å². The maximum atomic E-state index is 10.0. The number of aromatic hydroxyl groups is 1. The average molecular weight is 256 g/mol. The third-order valence-corrected chi connectivity index (χ3v) is 2.63. The summed E-state index contributed by atoms with van der Waals surface area (Å²) < 4.78 is 15.3. The zero-order chi connectivity index (χ0) is 13.5. The van der Waals surface area contributed by atoms with Crippen LogP contribution in [0.1, 0.15) is 25.0 Å². The number of ether oxygens (including phenoxy) is 3. The summed E-state index contributed by atoms with van der Waals surface area (Å²) in [7, 11) is 2.90. The minimum atomic E-state index is -0.681. The summed E-state index contributed by atoms with van der Waals surface area (Å²) in [4.78, 5) is 0. The van der Waals surface area contributed by atoms with Crippen LogP contribution in [0.2, 0.25) is 0 Å². The highest BCUT2D eigenvalue weighted by molar-refractivity contribution is 5.53. The molecule has 0 saturated carbocycles. The normalized spacial score (nSPS) is 12.2.